The van der Waals surface area contributed by atoms with Gasteiger partial charge in [-0.15, -0.1) is 11.3 Å². The number of fused-ring (bicyclic) bond motifs is 1. The molecule has 7 heteroatoms. The summed E-state index contributed by atoms with van der Waals surface area (Å²) in [7, 11) is 1.84. The number of carbonyl (C=O) groups excluding carboxylic acids is 2. The molecule has 1 aliphatic carbocycles. The van der Waals surface area contributed by atoms with Gasteiger partial charge in [-0.05, 0) is 56.4 Å². The zero-order valence-electron chi connectivity index (χ0n) is 15.4. The van der Waals surface area contributed by atoms with E-state index in [1.807, 2.05) is 36.0 Å². The highest BCUT2D eigenvalue weighted by Crippen LogP contribution is 2.38. The molecule has 0 spiro atoms. The molecule has 0 saturated heterocycles. The molecule has 1 N–H and O–H groups in total. The molecule has 0 aromatic carbocycles. The van der Waals surface area contributed by atoms with Gasteiger partial charge in [-0.2, -0.15) is 5.26 Å². The summed E-state index contributed by atoms with van der Waals surface area (Å²) < 4.78 is 7.01. The first kappa shape index (κ1) is 18.9. The quantitative estimate of drug-likeness (QED) is 0.485. The van der Waals surface area contributed by atoms with Crippen LogP contribution >= 0.6 is 11.3 Å². The number of anilines is 1. The largest absolute Gasteiger partial charge is 0.462 e. The van der Waals surface area contributed by atoms with Gasteiger partial charge in [-0.25, -0.2) is 4.79 Å². The maximum absolute atomic E-state index is 12.7. The second-order valence-electron chi connectivity index (χ2n) is 6.30. The Morgan fingerprint density at radius 3 is 2.85 bits per heavy atom. The number of aromatic nitrogens is 1. The molecule has 3 rings (SSSR count). The first-order valence-corrected chi connectivity index (χ1v) is 9.73. The Morgan fingerprint density at radius 1 is 1.41 bits per heavy atom. The van der Waals surface area contributed by atoms with Gasteiger partial charge in [0.15, 0.2) is 0 Å². The smallest absolute Gasteiger partial charge is 0.341 e. The van der Waals surface area contributed by atoms with Gasteiger partial charge in [-0.3, -0.25) is 4.79 Å². The highest BCUT2D eigenvalue weighted by atomic mass is 32.1. The van der Waals surface area contributed by atoms with Crippen molar-refractivity contribution in [2.75, 3.05) is 11.9 Å². The lowest BCUT2D eigenvalue weighted by atomic mass is 9.95. The molecular weight excluding hydrogens is 362 g/mol. The molecule has 27 heavy (non-hydrogen) atoms. The Kier molecular flexibility index (Phi) is 5.77. The molecular formula is C20H21N3O3S. The van der Waals surface area contributed by atoms with Crippen LogP contribution in [0.25, 0.3) is 6.08 Å². The number of aryl methyl sites for hydroxylation is 2. The second kappa shape index (κ2) is 8.23. The van der Waals surface area contributed by atoms with Gasteiger partial charge in [0.2, 0.25) is 0 Å². The molecule has 1 aliphatic rings. The number of nitrogens with one attached hydrogen (secondary N) is 1. The normalized spacial score (nSPS) is 13.6. The predicted molar refractivity (Wildman–Crippen MR) is 105 cm³/mol. The number of nitriles is 1. The van der Waals surface area contributed by atoms with E-state index in [-0.39, 0.29) is 12.2 Å². The third-order valence-electron chi connectivity index (χ3n) is 4.52. The van der Waals surface area contributed by atoms with Crippen molar-refractivity contribution in [2.24, 2.45) is 7.05 Å². The van der Waals surface area contributed by atoms with Crippen molar-refractivity contribution >= 4 is 34.3 Å². The fraction of sp³-hybridized carbons (Fsp3) is 0.350. The molecule has 0 aliphatic heterocycles. The van der Waals surface area contributed by atoms with Crippen molar-refractivity contribution in [2.45, 2.75) is 32.6 Å². The zero-order chi connectivity index (χ0) is 19.4. The van der Waals surface area contributed by atoms with Crippen molar-refractivity contribution in [3.63, 3.8) is 0 Å². The number of hydrogen-bond acceptors (Lipinski definition) is 5. The fourth-order valence-corrected chi connectivity index (χ4v) is 4.44. The molecule has 1 amide bonds. The van der Waals surface area contributed by atoms with Crippen LogP contribution in [0.1, 0.15) is 46.3 Å². The van der Waals surface area contributed by atoms with Crippen LogP contribution in [-0.2, 0) is 29.4 Å². The Labute approximate surface area is 162 Å². The lowest BCUT2D eigenvalue weighted by Crippen LogP contribution is -2.16. The molecule has 0 atom stereocenters. The summed E-state index contributed by atoms with van der Waals surface area (Å²) in [6.45, 7) is 2.03. The molecule has 0 radical (unpaired) electrons. The van der Waals surface area contributed by atoms with Crippen LogP contribution in [0.2, 0.25) is 0 Å². The van der Waals surface area contributed by atoms with E-state index in [0.717, 1.165) is 41.8 Å². The Morgan fingerprint density at radius 2 is 2.19 bits per heavy atom. The van der Waals surface area contributed by atoms with Crippen molar-refractivity contribution in [3.8, 4) is 6.07 Å². The van der Waals surface area contributed by atoms with Crippen LogP contribution in [0.5, 0.6) is 0 Å². The first-order chi connectivity index (χ1) is 13.0. The molecule has 2 aromatic rings. The SMILES string of the molecule is CCOC(=O)c1c(NC(=O)/C(C#N)=C/c2cccn2C)sc2c1CCCC2. The predicted octanol–water partition coefficient (Wildman–Crippen LogP) is 3.69. The Bertz CT molecular complexity index is 946. The van der Waals surface area contributed by atoms with Gasteiger partial charge in [0.05, 0.1) is 12.2 Å². The average Bonchev–Trinajstić information content (AvgIpc) is 3.22. The monoisotopic (exact) mass is 383 g/mol. The maximum atomic E-state index is 12.7. The maximum Gasteiger partial charge on any atom is 0.341 e. The summed E-state index contributed by atoms with van der Waals surface area (Å²) in [5, 5.41) is 12.7. The van der Waals surface area contributed by atoms with Gasteiger partial charge < -0.3 is 14.6 Å². The van der Waals surface area contributed by atoms with E-state index < -0.39 is 11.9 Å². The number of esters is 1. The van der Waals surface area contributed by atoms with E-state index in [1.54, 1.807) is 6.92 Å². The highest BCUT2D eigenvalue weighted by molar-refractivity contribution is 7.17. The molecule has 0 fully saturated rings. The van der Waals surface area contributed by atoms with Crippen LogP contribution in [0.3, 0.4) is 0 Å². The molecule has 0 unspecified atom stereocenters. The Hall–Kier alpha value is -2.85. The minimum absolute atomic E-state index is 0.0158. The summed E-state index contributed by atoms with van der Waals surface area (Å²) in [5.74, 6) is -0.944. The third kappa shape index (κ3) is 3.96. The van der Waals surface area contributed by atoms with E-state index in [4.69, 9.17) is 4.74 Å². The number of nitrogens with zero attached hydrogens (tertiary/aromatic N) is 2. The second-order valence-corrected chi connectivity index (χ2v) is 7.41. The summed E-state index contributed by atoms with van der Waals surface area (Å²) in [6.07, 6.45) is 7.16. The van der Waals surface area contributed by atoms with Gasteiger partial charge in [0.1, 0.15) is 16.6 Å². The van der Waals surface area contributed by atoms with Crippen molar-refractivity contribution < 1.29 is 14.3 Å². The standard InChI is InChI=1S/C20H21N3O3S/c1-3-26-20(25)17-15-8-4-5-9-16(15)27-19(17)22-18(24)13(12-21)11-14-7-6-10-23(14)2/h6-7,10-11H,3-5,8-9H2,1-2H3,(H,22,24)/b13-11+. The summed E-state index contributed by atoms with van der Waals surface area (Å²) in [4.78, 5) is 26.3. The number of rotatable bonds is 5. The van der Waals surface area contributed by atoms with Crippen LogP contribution in [0, 0.1) is 11.3 Å². The molecule has 2 aromatic heterocycles. The highest BCUT2D eigenvalue weighted by Gasteiger charge is 2.27. The van der Waals surface area contributed by atoms with Gasteiger partial charge in [0, 0.05) is 23.8 Å². The number of carbonyl (C=O) groups is 2. The van der Waals surface area contributed by atoms with E-state index in [2.05, 4.69) is 5.32 Å². The third-order valence-corrected chi connectivity index (χ3v) is 5.73. The summed E-state index contributed by atoms with van der Waals surface area (Å²) in [5.41, 5.74) is 2.15. The molecule has 0 bridgehead atoms. The number of ether oxygens (including phenoxy) is 1. The average molecular weight is 383 g/mol. The topological polar surface area (TPSA) is 84.1 Å². The number of hydrogen-bond donors (Lipinski definition) is 1. The van der Waals surface area contributed by atoms with Crippen molar-refractivity contribution in [1.82, 2.24) is 4.57 Å². The summed E-state index contributed by atoms with van der Waals surface area (Å²) in [6, 6.07) is 5.60. The molecule has 2 heterocycles. The lowest BCUT2D eigenvalue weighted by molar-refractivity contribution is -0.112. The minimum Gasteiger partial charge on any atom is -0.462 e. The van der Waals surface area contributed by atoms with Crippen LogP contribution in [-0.4, -0.2) is 23.1 Å². The zero-order valence-corrected chi connectivity index (χ0v) is 16.2. The van der Waals surface area contributed by atoms with E-state index in [1.165, 1.54) is 17.4 Å². The van der Waals surface area contributed by atoms with Crippen molar-refractivity contribution in [3.05, 3.63) is 45.6 Å². The van der Waals surface area contributed by atoms with Crippen LogP contribution in [0.15, 0.2) is 23.9 Å². The minimum atomic E-state index is -0.525. The first-order valence-electron chi connectivity index (χ1n) is 8.91. The molecule has 140 valence electrons. The van der Waals surface area contributed by atoms with E-state index in [9.17, 15) is 14.9 Å². The summed E-state index contributed by atoms with van der Waals surface area (Å²) >= 11 is 1.41. The molecule has 6 nitrogen and oxygen atoms in total. The lowest BCUT2D eigenvalue weighted by Gasteiger charge is -2.12. The Balaban J connectivity index is 1.92. The van der Waals surface area contributed by atoms with Gasteiger partial charge in [-0.1, -0.05) is 0 Å². The van der Waals surface area contributed by atoms with Crippen molar-refractivity contribution in [1.29, 1.82) is 5.26 Å². The van der Waals surface area contributed by atoms with E-state index in [0.29, 0.717) is 10.6 Å². The fourth-order valence-electron chi connectivity index (χ4n) is 3.16. The van der Waals surface area contributed by atoms with Crippen LogP contribution < -0.4 is 5.32 Å². The van der Waals surface area contributed by atoms with Gasteiger partial charge >= 0.3 is 5.97 Å². The van der Waals surface area contributed by atoms with Crippen LogP contribution in [0.4, 0.5) is 5.00 Å². The number of thiophene rings is 1. The van der Waals surface area contributed by atoms with E-state index >= 15 is 0 Å². The van der Waals surface area contributed by atoms with Gasteiger partial charge in [0.25, 0.3) is 5.91 Å². The number of amides is 1. The molecule has 0 saturated carbocycles.